The van der Waals surface area contributed by atoms with E-state index in [-0.39, 0.29) is 0 Å². The third-order valence-corrected chi connectivity index (χ3v) is 4.20. The van der Waals surface area contributed by atoms with Gasteiger partial charge in [0.2, 0.25) is 10.0 Å². The summed E-state index contributed by atoms with van der Waals surface area (Å²) in [5.41, 5.74) is 1.33. The summed E-state index contributed by atoms with van der Waals surface area (Å²) in [6.45, 7) is 0. The molecule has 0 aliphatic carbocycles. The van der Waals surface area contributed by atoms with Crippen molar-refractivity contribution in [1.29, 1.82) is 0 Å². The lowest BCUT2D eigenvalue weighted by Crippen LogP contribution is -2.09. The lowest BCUT2D eigenvalue weighted by Gasteiger charge is -2.05. The summed E-state index contributed by atoms with van der Waals surface area (Å²) in [5, 5.41) is 2.15. The quantitative estimate of drug-likeness (QED) is 0.423. The van der Waals surface area contributed by atoms with Crippen molar-refractivity contribution in [3.8, 4) is 5.75 Å². The normalized spacial score (nSPS) is 11.6. The van der Waals surface area contributed by atoms with Crippen LogP contribution in [0.2, 0.25) is 0 Å². The molecule has 0 aromatic heterocycles. The van der Waals surface area contributed by atoms with Crippen molar-refractivity contribution < 1.29 is 17.9 Å². The molecule has 0 bridgehead atoms. The van der Waals surface area contributed by atoms with Crippen LogP contribution in [0.5, 0.6) is 5.75 Å². The number of ether oxygens (including phenoxy) is 1. The molecule has 3 aromatic carbocycles. The standard InChI is InChI=1S/C20H17NO4S/c1-26(23,24)21-17-10-12-18(13-11-17)25-20(22)14-9-16-7-4-6-15-5-2-3-8-19(15)16/h2-14,21H,1H3/b14-9+. The first-order valence-electron chi connectivity index (χ1n) is 7.86. The average molecular weight is 367 g/mol. The highest BCUT2D eigenvalue weighted by atomic mass is 32.2. The maximum Gasteiger partial charge on any atom is 0.336 e. The SMILES string of the molecule is CS(=O)(=O)Nc1ccc(OC(=O)/C=C/c2cccc3ccccc23)cc1. The summed E-state index contributed by atoms with van der Waals surface area (Å²) in [5.74, 6) is -0.182. The van der Waals surface area contributed by atoms with Crippen LogP contribution in [-0.2, 0) is 14.8 Å². The summed E-state index contributed by atoms with van der Waals surface area (Å²) in [6, 6.07) is 19.9. The Bertz CT molecular complexity index is 1070. The fourth-order valence-corrected chi connectivity index (χ4v) is 3.07. The molecular formula is C20H17NO4S. The van der Waals surface area contributed by atoms with Gasteiger partial charge in [-0.3, -0.25) is 4.72 Å². The van der Waals surface area contributed by atoms with Gasteiger partial charge >= 0.3 is 5.97 Å². The van der Waals surface area contributed by atoms with E-state index in [4.69, 9.17) is 4.74 Å². The van der Waals surface area contributed by atoms with Gasteiger partial charge in [-0.05, 0) is 46.7 Å². The van der Waals surface area contributed by atoms with Gasteiger partial charge in [0, 0.05) is 11.8 Å². The summed E-state index contributed by atoms with van der Waals surface area (Å²) in [4.78, 5) is 12.0. The molecule has 0 saturated heterocycles. The first kappa shape index (κ1) is 17.7. The third-order valence-electron chi connectivity index (χ3n) is 3.60. The number of fused-ring (bicyclic) bond motifs is 1. The number of hydrogen-bond donors (Lipinski definition) is 1. The number of sulfonamides is 1. The highest BCUT2D eigenvalue weighted by molar-refractivity contribution is 7.92. The smallest absolute Gasteiger partial charge is 0.336 e. The summed E-state index contributed by atoms with van der Waals surface area (Å²) >= 11 is 0. The largest absolute Gasteiger partial charge is 0.423 e. The summed E-state index contributed by atoms with van der Waals surface area (Å²) < 4.78 is 29.9. The minimum atomic E-state index is -3.34. The Morgan fingerprint density at radius 1 is 0.962 bits per heavy atom. The first-order chi connectivity index (χ1) is 12.4. The van der Waals surface area contributed by atoms with Crippen LogP contribution < -0.4 is 9.46 Å². The van der Waals surface area contributed by atoms with Crippen LogP contribution in [0.3, 0.4) is 0 Å². The minimum absolute atomic E-state index is 0.330. The fourth-order valence-electron chi connectivity index (χ4n) is 2.51. The molecule has 0 aliphatic rings. The molecule has 0 fully saturated rings. The maximum absolute atomic E-state index is 12.0. The van der Waals surface area contributed by atoms with Crippen LogP contribution in [0.25, 0.3) is 16.8 Å². The number of esters is 1. The molecule has 0 amide bonds. The Hall–Kier alpha value is -3.12. The number of rotatable bonds is 5. The predicted octanol–water partition coefficient (Wildman–Crippen LogP) is 3.83. The van der Waals surface area contributed by atoms with Gasteiger partial charge in [-0.25, -0.2) is 13.2 Å². The van der Waals surface area contributed by atoms with Crippen LogP contribution in [0.4, 0.5) is 5.69 Å². The number of hydrogen-bond acceptors (Lipinski definition) is 4. The lowest BCUT2D eigenvalue weighted by atomic mass is 10.0. The van der Waals surface area contributed by atoms with E-state index in [1.807, 2.05) is 42.5 Å². The Kier molecular flexibility index (Phi) is 5.04. The van der Waals surface area contributed by atoms with Gasteiger partial charge in [0.05, 0.1) is 6.26 Å². The summed E-state index contributed by atoms with van der Waals surface area (Å²) in [6.07, 6.45) is 4.15. The van der Waals surface area contributed by atoms with Crippen LogP contribution in [0, 0.1) is 0 Å². The monoisotopic (exact) mass is 367 g/mol. The molecule has 132 valence electrons. The molecule has 26 heavy (non-hydrogen) atoms. The molecule has 0 radical (unpaired) electrons. The van der Waals surface area contributed by atoms with Gasteiger partial charge in [-0.1, -0.05) is 42.5 Å². The first-order valence-corrected chi connectivity index (χ1v) is 9.75. The molecule has 0 spiro atoms. The van der Waals surface area contributed by atoms with Crippen molar-refractivity contribution in [3.05, 3.63) is 78.4 Å². The predicted molar refractivity (Wildman–Crippen MR) is 104 cm³/mol. The average Bonchev–Trinajstić information content (AvgIpc) is 2.60. The highest BCUT2D eigenvalue weighted by Gasteiger charge is 2.04. The molecule has 0 heterocycles. The molecule has 3 rings (SSSR count). The molecular weight excluding hydrogens is 350 g/mol. The molecule has 3 aromatic rings. The second-order valence-electron chi connectivity index (χ2n) is 5.72. The van der Waals surface area contributed by atoms with E-state index >= 15 is 0 Å². The highest BCUT2D eigenvalue weighted by Crippen LogP contribution is 2.20. The zero-order valence-corrected chi connectivity index (χ0v) is 14.9. The van der Waals surface area contributed by atoms with E-state index < -0.39 is 16.0 Å². The van der Waals surface area contributed by atoms with Crippen molar-refractivity contribution in [1.82, 2.24) is 0 Å². The van der Waals surface area contributed by atoms with Crippen molar-refractivity contribution in [2.45, 2.75) is 0 Å². The fraction of sp³-hybridized carbons (Fsp3) is 0.0500. The van der Waals surface area contributed by atoms with Crippen LogP contribution >= 0.6 is 0 Å². The zero-order chi connectivity index (χ0) is 18.6. The third kappa shape index (κ3) is 4.70. The number of anilines is 1. The molecule has 6 heteroatoms. The number of nitrogens with one attached hydrogen (secondary N) is 1. The van der Waals surface area contributed by atoms with Crippen LogP contribution in [0.15, 0.2) is 72.8 Å². The van der Waals surface area contributed by atoms with Gasteiger partial charge < -0.3 is 4.74 Å². The van der Waals surface area contributed by atoms with Gasteiger partial charge in [-0.2, -0.15) is 0 Å². The molecule has 0 aliphatic heterocycles. The van der Waals surface area contributed by atoms with E-state index in [1.54, 1.807) is 6.08 Å². The Morgan fingerprint density at radius 2 is 1.65 bits per heavy atom. The zero-order valence-electron chi connectivity index (χ0n) is 14.0. The minimum Gasteiger partial charge on any atom is -0.423 e. The van der Waals surface area contributed by atoms with Gasteiger partial charge in [0.15, 0.2) is 0 Å². The van der Waals surface area contributed by atoms with E-state index in [0.29, 0.717) is 11.4 Å². The Morgan fingerprint density at radius 3 is 2.38 bits per heavy atom. The number of benzene rings is 3. The molecule has 5 nitrogen and oxygen atoms in total. The van der Waals surface area contributed by atoms with Crippen molar-refractivity contribution in [3.63, 3.8) is 0 Å². The van der Waals surface area contributed by atoms with E-state index in [1.165, 1.54) is 30.3 Å². The van der Waals surface area contributed by atoms with Gasteiger partial charge in [-0.15, -0.1) is 0 Å². The maximum atomic E-state index is 12.0. The lowest BCUT2D eigenvalue weighted by molar-refractivity contribution is -0.128. The van der Waals surface area contributed by atoms with E-state index in [0.717, 1.165) is 22.6 Å². The molecule has 0 unspecified atom stereocenters. The van der Waals surface area contributed by atoms with Gasteiger partial charge in [0.1, 0.15) is 5.75 Å². The second-order valence-corrected chi connectivity index (χ2v) is 7.47. The Labute approximate surface area is 152 Å². The van der Waals surface area contributed by atoms with Crippen LogP contribution in [0.1, 0.15) is 5.56 Å². The number of carbonyl (C=O) groups is 1. The van der Waals surface area contributed by atoms with Gasteiger partial charge in [0.25, 0.3) is 0 Å². The molecule has 0 atom stereocenters. The van der Waals surface area contributed by atoms with Crippen molar-refractivity contribution in [2.24, 2.45) is 0 Å². The summed E-state index contributed by atoms with van der Waals surface area (Å²) in [7, 11) is -3.34. The topological polar surface area (TPSA) is 72.5 Å². The second kappa shape index (κ2) is 7.41. The van der Waals surface area contributed by atoms with E-state index in [9.17, 15) is 13.2 Å². The Balaban J connectivity index is 1.69. The van der Waals surface area contributed by atoms with Crippen molar-refractivity contribution >= 4 is 38.5 Å². The van der Waals surface area contributed by atoms with E-state index in [2.05, 4.69) is 4.72 Å². The van der Waals surface area contributed by atoms with Crippen LogP contribution in [-0.4, -0.2) is 20.6 Å². The number of carbonyl (C=O) groups excluding carboxylic acids is 1. The molecule has 1 N–H and O–H groups in total. The molecule has 0 saturated carbocycles. The van der Waals surface area contributed by atoms with Crippen molar-refractivity contribution in [2.75, 3.05) is 11.0 Å².